The maximum atomic E-state index is 11.1. The van der Waals surface area contributed by atoms with E-state index in [1.807, 2.05) is 42.6 Å². The fourth-order valence-electron chi connectivity index (χ4n) is 2.39. The van der Waals surface area contributed by atoms with Crippen molar-refractivity contribution < 1.29 is 4.79 Å². The number of carbonyl (C=O) groups is 1. The maximum Gasteiger partial charge on any atom is 0.221 e. The second kappa shape index (κ2) is 5.71. The Kier molecular flexibility index (Phi) is 3.60. The van der Waals surface area contributed by atoms with E-state index in [0.717, 1.165) is 23.4 Å². The number of anilines is 2. The molecule has 3 rings (SSSR count). The summed E-state index contributed by atoms with van der Waals surface area (Å²) in [7, 11) is 0. The number of benzene rings is 2. The Bertz CT molecular complexity index is 776. The number of para-hydroxylation sites is 1. The Morgan fingerprint density at radius 1 is 1.10 bits per heavy atom. The van der Waals surface area contributed by atoms with Crippen molar-refractivity contribution in [3.8, 4) is 0 Å². The van der Waals surface area contributed by atoms with E-state index < -0.39 is 0 Å². The highest BCUT2D eigenvalue weighted by Crippen LogP contribution is 2.20. The highest BCUT2D eigenvalue weighted by molar-refractivity contribution is 5.89. The summed E-state index contributed by atoms with van der Waals surface area (Å²) in [6.07, 6.45) is 2.02. The third-order valence-electron chi connectivity index (χ3n) is 3.34. The minimum absolute atomic E-state index is 0.0659. The molecule has 0 fully saturated rings. The van der Waals surface area contributed by atoms with Gasteiger partial charge in [-0.25, -0.2) is 0 Å². The second-order valence-electron chi connectivity index (χ2n) is 4.98. The molecule has 3 N–H and O–H groups in total. The van der Waals surface area contributed by atoms with Crippen molar-refractivity contribution >= 4 is 28.2 Å². The van der Waals surface area contributed by atoms with E-state index in [1.54, 1.807) is 0 Å². The molecular formula is C17H17N3O. The molecule has 0 aliphatic rings. The average molecular weight is 279 g/mol. The summed E-state index contributed by atoms with van der Waals surface area (Å²) >= 11 is 0. The molecule has 0 spiro atoms. The average Bonchev–Trinajstić information content (AvgIpc) is 2.88. The molecule has 106 valence electrons. The van der Waals surface area contributed by atoms with Gasteiger partial charge in [0.25, 0.3) is 0 Å². The van der Waals surface area contributed by atoms with E-state index in [1.165, 1.54) is 17.9 Å². The summed E-state index contributed by atoms with van der Waals surface area (Å²) in [6, 6.07) is 15.9. The first-order valence-corrected chi connectivity index (χ1v) is 6.89. The van der Waals surface area contributed by atoms with Gasteiger partial charge in [0, 0.05) is 41.9 Å². The molecular weight excluding hydrogens is 262 g/mol. The molecule has 0 bridgehead atoms. The van der Waals surface area contributed by atoms with Crippen molar-refractivity contribution in [2.24, 2.45) is 0 Å². The van der Waals surface area contributed by atoms with E-state index in [4.69, 9.17) is 0 Å². The molecule has 0 radical (unpaired) electrons. The highest BCUT2D eigenvalue weighted by atomic mass is 16.1. The first kappa shape index (κ1) is 13.2. The van der Waals surface area contributed by atoms with Crippen LogP contribution in [0.3, 0.4) is 0 Å². The van der Waals surface area contributed by atoms with Gasteiger partial charge in [0.15, 0.2) is 0 Å². The summed E-state index contributed by atoms with van der Waals surface area (Å²) < 4.78 is 0. The monoisotopic (exact) mass is 279 g/mol. The Labute approximate surface area is 123 Å². The number of aromatic amines is 1. The third kappa shape index (κ3) is 3.05. The van der Waals surface area contributed by atoms with Crippen LogP contribution in [0.1, 0.15) is 12.5 Å². The quantitative estimate of drug-likeness (QED) is 0.681. The van der Waals surface area contributed by atoms with Gasteiger partial charge in [-0.05, 0) is 29.8 Å². The van der Waals surface area contributed by atoms with Crippen molar-refractivity contribution in [2.45, 2.75) is 13.5 Å². The van der Waals surface area contributed by atoms with Crippen LogP contribution in [0.2, 0.25) is 0 Å². The standard InChI is InChI=1S/C17H17N3O/c1-12(21)20-15-6-4-5-14(9-15)18-10-13-11-19-17-8-3-2-7-16(13)17/h2-9,11,18-19H,10H2,1H3,(H,20,21). The maximum absolute atomic E-state index is 11.1. The largest absolute Gasteiger partial charge is 0.381 e. The Balaban J connectivity index is 1.74. The second-order valence-corrected chi connectivity index (χ2v) is 4.98. The number of amides is 1. The summed E-state index contributed by atoms with van der Waals surface area (Å²) in [5.74, 6) is -0.0659. The van der Waals surface area contributed by atoms with Gasteiger partial charge >= 0.3 is 0 Å². The lowest BCUT2D eigenvalue weighted by Gasteiger charge is -2.08. The van der Waals surface area contributed by atoms with E-state index in [0.29, 0.717) is 0 Å². The van der Waals surface area contributed by atoms with E-state index in [9.17, 15) is 4.79 Å². The molecule has 4 nitrogen and oxygen atoms in total. The van der Waals surface area contributed by atoms with Crippen LogP contribution in [0, 0.1) is 0 Å². The van der Waals surface area contributed by atoms with E-state index in [2.05, 4.69) is 27.8 Å². The fraction of sp³-hybridized carbons (Fsp3) is 0.118. The Hall–Kier alpha value is -2.75. The van der Waals surface area contributed by atoms with Crippen LogP contribution in [0.25, 0.3) is 10.9 Å². The zero-order chi connectivity index (χ0) is 14.7. The van der Waals surface area contributed by atoms with Crippen LogP contribution < -0.4 is 10.6 Å². The van der Waals surface area contributed by atoms with Crippen molar-refractivity contribution in [3.05, 3.63) is 60.3 Å². The number of fused-ring (bicyclic) bond motifs is 1. The van der Waals surface area contributed by atoms with Gasteiger partial charge in [-0.15, -0.1) is 0 Å². The van der Waals surface area contributed by atoms with E-state index >= 15 is 0 Å². The molecule has 4 heteroatoms. The first-order valence-electron chi connectivity index (χ1n) is 6.89. The van der Waals surface area contributed by atoms with Gasteiger partial charge in [-0.3, -0.25) is 4.79 Å². The van der Waals surface area contributed by atoms with Gasteiger partial charge < -0.3 is 15.6 Å². The van der Waals surface area contributed by atoms with Crippen molar-refractivity contribution in [2.75, 3.05) is 10.6 Å². The third-order valence-corrected chi connectivity index (χ3v) is 3.34. The van der Waals surface area contributed by atoms with Crippen LogP contribution in [0.5, 0.6) is 0 Å². The number of hydrogen-bond acceptors (Lipinski definition) is 2. The predicted molar refractivity (Wildman–Crippen MR) is 86.4 cm³/mol. The lowest BCUT2D eigenvalue weighted by atomic mass is 10.1. The zero-order valence-electron chi connectivity index (χ0n) is 11.8. The Morgan fingerprint density at radius 2 is 1.90 bits per heavy atom. The van der Waals surface area contributed by atoms with Gasteiger partial charge in [-0.2, -0.15) is 0 Å². The summed E-state index contributed by atoms with van der Waals surface area (Å²) in [4.78, 5) is 14.3. The molecule has 21 heavy (non-hydrogen) atoms. The molecule has 2 aromatic carbocycles. The van der Waals surface area contributed by atoms with Crippen LogP contribution in [-0.2, 0) is 11.3 Å². The minimum Gasteiger partial charge on any atom is -0.381 e. The predicted octanol–water partition coefficient (Wildman–Crippen LogP) is 3.74. The number of aromatic nitrogens is 1. The van der Waals surface area contributed by atoms with Crippen molar-refractivity contribution in [1.82, 2.24) is 4.98 Å². The fourth-order valence-corrected chi connectivity index (χ4v) is 2.39. The van der Waals surface area contributed by atoms with Crippen molar-refractivity contribution in [1.29, 1.82) is 0 Å². The molecule has 1 heterocycles. The molecule has 1 amide bonds. The number of rotatable bonds is 4. The summed E-state index contributed by atoms with van der Waals surface area (Å²) in [5.41, 5.74) is 4.13. The smallest absolute Gasteiger partial charge is 0.221 e. The minimum atomic E-state index is -0.0659. The van der Waals surface area contributed by atoms with Gasteiger partial charge in [0.05, 0.1) is 0 Å². The lowest BCUT2D eigenvalue weighted by molar-refractivity contribution is -0.114. The molecule has 0 aliphatic heterocycles. The number of H-pyrrole nitrogens is 1. The molecule has 0 unspecified atom stereocenters. The van der Waals surface area contributed by atoms with Crippen LogP contribution in [0.4, 0.5) is 11.4 Å². The van der Waals surface area contributed by atoms with E-state index in [-0.39, 0.29) is 5.91 Å². The summed E-state index contributed by atoms with van der Waals surface area (Å²) in [5, 5.41) is 7.39. The molecule has 0 saturated carbocycles. The van der Waals surface area contributed by atoms with Gasteiger partial charge in [0.1, 0.15) is 0 Å². The molecule has 0 aliphatic carbocycles. The molecule has 0 saturated heterocycles. The lowest BCUT2D eigenvalue weighted by Crippen LogP contribution is -2.06. The summed E-state index contributed by atoms with van der Waals surface area (Å²) in [6.45, 7) is 2.24. The number of hydrogen-bond donors (Lipinski definition) is 3. The molecule has 0 atom stereocenters. The number of nitrogens with one attached hydrogen (secondary N) is 3. The number of carbonyl (C=O) groups excluding carboxylic acids is 1. The highest BCUT2D eigenvalue weighted by Gasteiger charge is 2.03. The molecule has 3 aromatic rings. The van der Waals surface area contributed by atoms with Gasteiger partial charge in [-0.1, -0.05) is 24.3 Å². The first-order chi connectivity index (χ1) is 10.2. The van der Waals surface area contributed by atoms with Crippen LogP contribution in [-0.4, -0.2) is 10.9 Å². The Morgan fingerprint density at radius 3 is 2.76 bits per heavy atom. The topological polar surface area (TPSA) is 56.9 Å². The molecule has 1 aromatic heterocycles. The zero-order valence-corrected chi connectivity index (χ0v) is 11.8. The normalized spacial score (nSPS) is 10.5. The van der Waals surface area contributed by atoms with Crippen LogP contribution in [0.15, 0.2) is 54.7 Å². The SMILES string of the molecule is CC(=O)Nc1cccc(NCc2c[nH]c3ccccc23)c1. The van der Waals surface area contributed by atoms with Gasteiger partial charge in [0.2, 0.25) is 5.91 Å². The van der Waals surface area contributed by atoms with Crippen LogP contribution >= 0.6 is 0 Å². The van der Waals surface area contributed by atoms with Crippen molar-refractivity contribution in [3.63, 3.8) is 0 Å².